The molecular weight excluding hydrogens is 385 g/mol. The Kier molecular flexibility index (Phi) is 4.95. The van der Waals surface area contributed by atoms with Gasteiger partial charge in [-0.2, -0.15) is 0 Å². The quantitative estimate of drug-likeness (QED) is 0.671. The molecule has 28 heavy (non-hydrogen) atoms. The smallest absolute Gasteiger partial charge is 0.254 e. The van der Waals surface area contributed by atoms with Gasteiger partial charge in [0.15, 0.2) is 0 Å². The lowest BCUT2D eigenvalue weighted by Crippen LogP contribution is -2.49. The van der Waals surface area contributed by atoms with Gasteiger partial charge in [0.1, 0.15) is 11.6 Å². The van der Waals surface area contributed by atoms with Crippen LogP contribution < -0.4 is 4.90 Å². The minimum atomic E-state index is -0.540. The summed E-state index contributed by atoms with van der Waals surface area (Å²) in [5.41, 5.74) is 1.13. The van der Waals surface area contributed by atoms with Crippen LogP contribution >= 0.6 is 11.6 Å². The van der Waals surface area contributed by atoms with Crippen LogP contribution in [0.3, 0.4) is 0 Å². The molecule has 1 aliphatic rings. The Balaban J connectivity index is 1.49. The summed E-state index contributed by atoms with van der Waals surface area (Å²) in [7, 11) is 0. The van der Waals surface area contributed by atoms with E-state index in [1.807, 2.05) is 12.1 Å². The summed E-state index contributed by atoms with van der Waals surface area (Å²) in [6.07, 6.45) is 1.71. The Hall–Kier alpha value is -3.00. The van der Waals surface area contributed by atoms with Crippen LogP contribution in [0.25, 0.3) is 11.5 Å². The fraction of sp³-hybridized carbons (Fsp3) is 0.263. The van der Waals surface area contributed by atoms with Crippen molar-refractivity contribution in [2.45, 2.75) is 6.92 Å². The monoisotopic (exact) mass is 401 g/mol. The van der Waals surface area contributed by atoms with Crippen molar-refractivity contribution >= 4 is 23.3 Å². The first-order valence-electron chi connectivity index (χ1n) is 8.77. The number of halogens is 2. The number of amides is 1. The van der Waals surface area contributed by atoms with Gasteiger partial charge >= 0.3 is 0 Å². The molecule has 3 heterocycles. The Morgan fingerprint density at radius 2 is 1.96 bits per heavy atom. The zero-order chi connectivity index (χ0) is 19.7. The molecule has 0 unspecified atom stereocenters. The second-order valence-corrected chi connectivity index (χ2v) is 6.82. The van der Waals surface area contributed by atoms with Gasteiger partial charge in [-0.3, -0.25) is 4.79 Å². The molecule has 0 atom stereocenters. The first kappa shape index (κ1) is 18.4. The lowest BCUT2D eigenvalue weighted by Gasteiger charge is -2.36. The Morgan fingerprint density at radius 1 is 1.18 bits per heavy atom. The van der Waals surface area contributed by atoms with E-state index in [2.05, 4.69) is 20.1 Å². The zero-order valence-corrected chi connectivity index (χ0v) is 15.9. The average molecular weight is 402 g/mol. The standard InChI is InChI=1S/C19H17ClFN5O2/c1-12-23-24-18(28-12)14-3-2-6-22-17(14)25-7-9-26(10-8-25)19(27)13-4-5-16(21)15(20)11-13/h2-6,11H,7-10H2,1H3. The molecule has 7 nitrogen and oxygen atoms in total. The number of hydrogen-bond donors (Lipinski definition) is 0. The highest BCUT2D eigenvalue weighted by Crippen LogP contribution is 2.28. The highest BCUT2D eigenvalue weighted by Gasteiger charge is 2.25. The summed E-state index contributed by atoms with van der Waals surface area (Å²) < 4.78 is 18.9. The summed E-state index contributed by atoms with van der Waals surface area (Å²) in [4.78, 5) is 20.9. The molecule has 1 amide bonds. The molecule has 1 saturated heterocycles. The molecule has 3 aromatic rings. The van der Waals surface area contributed by atoms with Crippen LogP contribution in [0.2, 0.25) is 5.02 Å². The molecule has 2 aromatic heterocycles. The fourth-order valence-electron chi connectivity index (χ4n) is 3.15. The van der Waals surface area contributed by atoms with Crippen LogP contribution in [0.15, 0.2) is 40.9 Å². The van der Waals surface area contributed by atoms with E-state index in [0.29, 0.717) is 43.5 Å². The van der Waals surface area contributed by atoms with Gasteiger partial charge in [-0.1, -0.05) is 11.6 Å². The third kappa shape index (κ3) is 3.55. The summed E-state index contributed by atoms with van der Waals surface area (Å²) in [6.45, 7) is 3.94. The van der Waals surface area contributed by atoms with Gasteiger partial charge in [0.05, 0.1) is 10.6 Å². The second-order valence-electron chi connectivity index (χ2n) is 6.41. The number of aromatic nitrogens is 3. The lowest BCUT2D eigenvalue weighted by atomic mass is 10.1. The summed E-state index contributed by atoms with van der Waals surface area (Å²) in [5, 5.41) is 7.90. The normalized spacial score (nSPS) is 14.4. The molecule has 1 aromatic carbocycles. The van der Waals surface area contributed by atoms with Gasteiger partial charge in [0, 0.05) is 44.9 Å². The second kappa shape index (κ2) is 7.55. The molecule has 0 radical (unpaired) electrons. The number of rotatable bonds is 3. The number of carbonyl (C=O) groups excluding carboxylic acids is 1. The fourth-order valence-corrected chi connectivity index (χ4v) is 3.33. The molecule has 1 aliphatic heterocycles. The van der Waals surface area contributed by atoms with E-state index in [0.717, 1.165) is 11.4 Å². The third-order valence-corrected chi connectivity index (χ3v) is 4.87. The molecule has 9 heteroatoms. The van der Waals surface area contributed by atoms with Crippen LogP contribution in [-0.4, -0.2) is 52.2 Å². The molecule has 0 saturated carbocycles. The predicted octanol–water partition coefficient (Wildman–Crippen LogP) is 3.19. The van der Waals surface area contributed by atoms with Gasteiger partial charge in [-0.15, -0.1) is 10.2 Å². The SMILES string of the molecule is Cc1nnc(-c2cccnc2N2CCN(C(=O)c3ccc(F)c(Cl)c3)CC2)o1. The van der Waals surface area contributed by atoms with Crippen LogP contribution in [0.1, 0.15) is 16.2 Å². The molecule has 4 rings (SSSR count). The maximum atomic E-state index is 13.3. The van der Waals surface area contributed by atoms with Crippen molar-refractivity contribution in [1.82, 2.24) is 20.1 Å². The van der Waals surface area contributed by atoms with Crippen molar-refractivity contribution in [3.8, 4) is 11.5 Å². The number of benzene rings is 1. The van der Waals surface area contributed by atoms with E-state index >= 15 is 0 Å². The van der Waals surface area contributed by atoms with E-state index in [1.165, 1.54) is 18.2 Å². The van der Waals surface area contributed by atoms with E-state index in [1.54, 1.807) is 18.0 Å². The van der Waals surface area contributed by atoms with Crippen LogP contribution in [0.4, 0.5) is 10.2 Å². The van der Waals surface area contributed by atoms with Crippen molar-refractivity contribution in [2.75, 3.05) is 31.1 Å². The summed E-state index contributed by atoms with van der Waals surface area (Å²) in [6, 6.07) is 7.72. The summed E-state index contributed by atoms with van der Waals surface area (Å²) >= 11 is 5.80. The number of pyridine rings is 1. The maximum Gasteiger partial charge on any atom is 0.254 e. The molecule has 0 spiro atoms. The highest BCUT2D eigenvalue weighted by atomic mass is 35.5. The summed E-state index contributed by atoms with van der Waals surface area (Å²) in [5.74, 6) is 0.929. The Morgan fingerprint density at radius 3 is 2.64 bits per heavy atom. The van der Waals surface area contributed by atoms with Gasteiger partial charge < -0.3 is 14.2 Å². The molecule has 144 valence electrons. The highest BCUT2D eigenvalue weighted by molar-refractivity contribution is 6.31. The van der Waals surface area contributed by atoms with E-state index in [-0.39, 0.29) is 10.9 Å². The average Bonchev–Trinajstić information content (AvgIpc) is 3.16. The van der Waals surface area contributed by atoms with Crippen LogP contribution in [0, 0.1) is 12.7 Å². The number of anilines is 1. The van der Waals surface area contributed by atoms with Crippen molar-refractivity contribution in [3.63, 3.8) is 0 Å². The van der Waals surface area contributed by atoms with Gasteiger partial charge in [0.2, 0.25) is 5.89 Å². The molecular formula is C19H17ClFN5O2. The van der Waals surface area contributed by atoms with Crippen molar-refractivity contribution in [1.29, 1.82) is 0 Å². The van der Waals surface area contributed by atoms with Crippen molar-refractivity contribution in [3.05, 3.63) is 58.8 Å². The van der Waals surface area contributed by atoms with E-state index in [9.17, 15) is 9.18 Å². The maximum absolute atomic E-state index is 13.3. The van der Waals surface area contributed by atoms with Gasteiger partial charge in [-0.05, 0) is 30.3 Å². The third-order valence-electron chi connectivity index (χ3n) is 4.58. The first-order valence-corrected chi connectivity index (χ1v) is 9.15. The number of aryl methyl sites for hydroxylation is 1. The van der Waals surface area contributed by atoms with Gasteiger partial charge in [0.25, 0.3) is 11.8 Å². The number of nitrogens with zero attached hydrogens (tertiary/aromatic N) is 5. The number of hydrogen-bond acceptors (Lipinski definition) is 6. The number of carbonyl (C=O) groups is 1. The molecule has 0 aliphatic carbocycles. The largest absolute Gasteiger partial charge is 0.421 e. The van der Waals surface area contributed by atoms with Crippen molar-refractivity contribution < 1.29 is 13.6 Å². The molecule has 0 bridgehead atoms. The zero-order valence-electron chi connectivity index (χ0n) is 15.1. The molecule has 0 N–H and O–H groups in total. The lowest BCUT2D eigenvalue weighted by molar-refractivity contribution is 0.0746. The Labute approximate surface area is 165 Å². The molecule has 1 fully saturated rings. The predicted molar refractivity (Wildman–Crippen MR) is 102 cm³/mol. The minimum Gasteiger partial charge on any atom is -0.421 e. The van der Waals surface area contributed by atoms with E-state index in [4.69, 9.17) is 16.0 Å². The minimum absolute atomic E-state index is 0.0579. The Bertz CT molecular complexity index is 1020. The van der Waals surface area contributed by atoms with Crippen LogP contribution in [0.5, 0.6) is 0 Å². The number of piperazine rings is 1. The van der Waals surface area contributed by atoms with Crippen LogP contribution in [-0.2, 0) is 0 Å². The van der Waals surface area contributed by atoms with E-state index < -0.39 is 5.82 Å². The topological polar surface area (TPSA) is 75.4 Å². The van der Waals surface area contributed by atoms with Crippen molar-refractivity contribution in [2.24, 2.45) is 0 Å². The first-order chi connectivity index (χ1) is 13.5. The van der Waals surface area contributed by atoms with Gasteiger partial charge in [-0.25, -0.2) is 9.37 Å².